The summed E-state index contributed by atoms with van der Waals surface area (Å²) in [5, 5.41) is 19.8. The van der Waals surface area contributed by atoms with Gasteiger partial charge in [-0.25, -0.2) is 19.0 Å². The van der Waals surface area contributed by atoms with Crippen molar-refractivity contribution >= 4 is 52.3 Å². The molecule has 0 aliphatic carbocycles. The molecular formula is C49H56FN8O11+. The Bertz CT molecular complexity index is 2870. The number of esters is 1. The second-order valence-corrected chi connectivity index (χ2v) is 19.2. The van der Waals surface area contributed by atoms with Crippen LogP contribution in [0.2, 0.25) is 0 Å². The summed E-state index contributed by atoms with van der Waals surface area (Å²) in [6.45, 7) is 11.7. The number of benzene rings is 2. The minimum absolute atomic E-state index is 0.00483. The zero-order chi connectivity index (χ0) is 49.7. The number of hydrogen-bond donors (Lipinski definition) is 4. The zero-order valence-electron chi connectivity index (χ0n) is 39.6. The molecule has 3 atom stereocenters. The number of carbonyl (C=O) groups excluding carboxylic acids is 6. The summed E-state index contributed by atoms with van der Waals surface area (Å²) in [6.07, 6.45) is 1.19. The molecule has 4 aliphatic rings. The van der Waals surface area contributed by atoms with Crippen LogP contribution in [-0.2, 0) is 65.3 Å². The molecule has 364 valence electrons. The maximum Gasteiger partial charge on any atom is 0.407 e. The highest BCUT2D eigenvalue weighted by Gasteiger charge is 2.46. The maximum atomic E-state index is 15.2. The van der Waals surface area contributed by atoms with E-state index in [0.717, 1.165) is 41.9 Å². The molecule has 1 saturated heterocycles. The molecule has 1 fully saturated rings. The normalized spacial score (nSPS) is 19.3. The number of pyridine rings is 2. The number of aromatic nitrogens is 2. The van der Waals surface area contributed by atoms with E-state index in [4.69, 9.17) is 19.2 Å². The first-order chi connectivity index (χ1) is 32.6. The molecule has 0 spiro atoms. The zero-order valence-corrected chi connectivity index (χ0v) is 39.6. The second-order valence-electron chi connectivity index (χ2n) is 19.2. The van der Waals surface area contributed by atoms with E-state index in [1.54, 1.807) is 56.5 Å². The molecule has 1 unspecified atom stereocenters. The lowest BCUT2D eigenvalue weighted by Gasteiger charge is -2.42. The molecular weight excluding hydrogens is 896 g/mol. The van der Waals surface area contributed by atoms with Crippen molar-refractivity contribution in [3.8, 4) is 17.1 Å². The highest BCUT2D eigenvalue weighted by molar-refractivity contribution is 6.15. The van der Waals surface area contributed by atoms with Gasteiger partial charge in [0.25, 0.3) is 17.4 Å². The summed E-state index contributed by atoms with van der Waals surface area (Å²) in [5.74, 6) is -4.19. The quantitative estimate of drug-likeness (QED) is 0.0758. The van der Waals surface area contributed by atoms with Crippen LogP contribution in [0.1, 0.15) is 68.9 Å². The number of ether oxygens (including phenoxy) is 3. The number of aliphatic hydroxyl groups is 1. The summed E-state index contributed by atoms with van der Waals surface area (Å²) in [6, 6.07) is 9.45. The Morgan fingerprint density at radius 3 is 2.32 bits per heavy atom. The van der Waals surface area contributed by atoms with E-state index >= 15 is 4.39 Å². The number of piperazine rings is 1. The van der Waals surface area contributed by atoms with Gasteiger partial charge in [0.05, 0.1) is 62.8 Å². The van der Waals surface area contributed by atoms with E-state index in [-0.39, 0.29) is 42.0 Å². The number of fused-ring (bicyclic) bond motifs is 5. The first-order valence-corrected chi connectivity index (χ1v) is 22.8. The number of halogens is 1. The second kappa shape index (κ2) is 18.5. The van der Waals surface area contributed by atoms with Crippen LogP contribution in [0.25, 0.3) is 22.3 Å². The monoisotopic (exact) mass is 951 g/mol. The number of anilines is 1. The number of quaternary nitrogens is 1. The minimum Gasteiger partial charge on any atom is -0.494 e. The molecule has 2 aromatic heterocycles. The number of cyclic esters (lactones) is 1. The lowest BCUT2D eigenvalue weighted by atomic mass is 9.86. The van der Waals surface area contributed by atoms with Gasteiger partial charge in [0, 0.05) is 65.6 Å². The van der Waals surface area contributed by atoms with Gasteiger partial charge in [-0.2, -0.15) is 0 Å². The fourth-order valence-electron chi connectivity index (χ4n) is 9.30. The number of alkyl carbamates (subject to hydrolysis) is 1. The average molecular weight is 952 g/mol. The molecule has 5 amide bonds. The number of carbonyl (C=O) groups is 6. The van der Waals surface area contributed by atoms with Crippen LogP contribution in [0.15, 0.2) is 59.4 Å². The smallest absolute Gasteiger partial charge is 0.407 e. The van der Waals surface area contributed by atoms with Crippen LogP contribution >= 0.6 is 0 Å². The maximum absolute atomic E-state index is 15.2. The third-order valence-electron chi connectivity index (χ3n) is 13.2. The standard InChI is InChI=1S/C49H55FN8O11/c1-8-49(66)34-20-37-42-32(24-56(37)45(63)33(34)26-68-46(49)64)31(30-19-39(67-7)35(50)21-36(30)54-42)23-55-15-17-58(6,18-16-55)25-28-9-11-29(12-10-28)53-43(61)27(2)52-44(62)38(57-40(59)13-14-41(57)60)22-51-47(65)69-48(3,4)5/h9-14,19-21,27,38,66H,8,15-18,22-26H2,1-7H3,(H2-,51,52,53,61,62,65)/p+1/t27-,38?,49-/m0/s1. The molecule has 2 aromatic carbocycles. The summed E-state index contributed by atoms with van der Waals surface area (Å²) >= 11 is 0. The average Bonchev–Trinajstić information content (AvgIpc) is 3.83. The van der Waals surface area contributed by atoms with Crippen LogP contribution in [0.4, 0.5) is 14.9 Å². The number of nitrogens with zero attached hydrogens (tertiary/aromatic N) is 5. The molecule has 4 N–H and O–H groups in total. The van der Waals surface area contributed by atoms with Crippen LogP contribution in [0.3, 0.4) is 0 Å². The number of amides is 5. The van der Waals surface area contributed by atoms with Crippen molar-refractivity contribution < 1.29 is 57.0 Å². The van der Waals surface area contributed by atoms with Gasteiger partial charge >= 0.3 is 12.1 Å². The van der Waals surface area contributed by atoms with Gasteiger partial charge in [-0.05, 0) is 63.9 Å². The molecule has 20 heteroatoms. The predicted octanol–water partition coefficient (Wildman–Crippen LogP) is 2.95. The highest BCUT2D eigenvalue weighted by Crippen LogP contribution is 2.41. The Labute approximate surface area is 396 Å². The number of likely N-dealkylation sites (N-methyl/N-ethyl adjacent to an activating group) is 1. The van der Waals surface area contributed by atoms with Gasteiger partial charge in [-0.15, -0.1) is 0 Å². The van der Waals surface area contributed by atoms with E-state index in [2.05, 4.69) is 27.9 Å². The topological polar surface area (TPSA) is 228 Å². The van der Waals surface area contributed by atoms with E-state index in [1.807, 2.05) is 12.1 Å². The van der Waals surface area contributed by atoms with Gasteiger partial charge in [0.15, 0.2) is 17.2 Å². The van der Waals surface area contributed by atoms with Gasteiger partial charge in [-0.1, -0.05) is 19.1 Å². The van der Waals surface area contributed by atoms with Crippen LogP contribution < -0.4 is 26.2 Å². The molecule has 19 nitrogen and oxygen atoms in total. The predicted molar refractivity (Wildman–Crippen MR) is 248 cm³/mol. The fourth-order valence-corrected chi connectivity index (χ4v) is 9.30. The van der Waals surface area contributed by atoms with Crippen molar-refractivity contribution in [2.45, 2.75) is 90.6 Å². The summed E-state index contributed by atoms with van der Waals surface area (Å²) in [7, 11) is 3.58. The Kier molecular flexibility index (Phi) is 13.0. The number of methoxy groups -OCH3 is 1. The van der Waals surface area contributed by atoms with E-state index in [1.165, 1.54) is 20.1 Å². The van der Waals surface area contributed by atoms with E-state index in [0.29, 0.717) is 63.5 Å². The Morgan fingerprint density at radius 1 is 1.00 bits per heavy atom. The van der Waals surface area contributed by atoms with Gasteiger partial charge in [0.2, 0.25) is 11.8 Å². The van der Waals surface area contributed by atoms with Crippen molar-refractivity contribution in [1.82, 2.24) is 30.0 Å². The van der Waals surface area contributed by atoms with Crippen LogP contribution in [0.5, 0.6) is 5.75 Å². The van der Waals surface area contributed by atoms with Gasteiger partial charge in [-0.3, -0.25) is 33.8 Å². The first-order valence-electron chi connectivity index (χ1n) is 22.8. The number of hydrogen-bond acceptors (Lipinski definition) is 13. The number of rotatable bonds is 13. The van der Waals surface area contributed by atoms with Crippen molar-refractivity contribution in [3.05, 3.63) is 98.6 Å². The first kappa shape index (κ1) is 48.4. The van der Waals surface area contributed by atoms with Crippen molar-refractivity contribution in [2.24, 2.45) is 0 Å². The highest BCUT2D eigenvalue weighted by atomic mass is 19.1. The number of nitrogens with one attached hydrogen (secondary N) is 3. The largest absolute Gasteiger partial charge is 0.494 e. The van der Waals surface area contributed by atoms with E-state index in [9.17, 15) is 38.7 Å². The van der Waals surface area contributed by atoms with Gasteiger partial charge in [0.1, 0.15) is 30.8 Å². The van der Waals surface area contributed by atoms with E-state index < -0.39 is 71.3 Å². The Morgan fingerprint density at radius 2 is 1.68 bits per heavy atom. The molecule has 0 bridgehead atoms. The van der Waals surface area contributed by atoms with Crippen LogP contribution in [0, 0.1) is 5.82 Å². The summed E-state index contributed by atoms with van der Waals surface area (Å²) in [4.78, 5) is 98.7. The van der Waals surface area contributed by atoms with Gasteiger partial charge < -0.3 is 44.3 Å². The van der Waals surface area contributed by atoms with Crippen molar-refractivity contribution in [2.75, 3.05) is 52.2 Å². The van der Waals surface area contributed by atoms with Crippen molar-refractivity contribution in [3.63, 3.8) is 0 Å². The molecule has 8 rings (SSSR count). The molecule has 0 radical (unpaired) electrons. The summed E-state index contributed by atoms with van der Waals surface area (Å²) < 4.78 is 33.4. The third-order valence-corrected chi connectivity index (χ3v) is 13.2. The SMILES string of the molecule is CC[C@@]1(O)C(=O)OCc2c1cc1n(c2=O)Cc2c-1nc1cc(F)c(OC)cc1c2CN1CC[N+](C)(Cc2ccc(NC(=O)[C@H](C)NC(=O)C(CNC(=O)OC(C)(C)C)N3C(=O)C=CC3=O)cc2)CC1. The Hall–Kier alpha value is -7.03. The van der Waals surface area contributed by atoms with Crippen molar-refractivity contribution in [1.29, 1.82) is 0 Å². The lowest BCUT2D eigenvalue weighted by Crippen LogP contribution is -2.57. The molecule has 4 aliphatic heterocycles. The molecule has 4 aromatic rings. The molecule has 0 saturated carbocycles. The molecule has 69 heavy (non-hydrogen) atoms. The summed E-state index contributed by atoms with van der Waals surface area (Å²) in [5.41, 5.74) is 1.69. The number of imide groups is 1. The molecule has 6 heterocycles. The minimum atomic E-state index is -1.99. The van der Waals surface area contributed by atoms with Crippen LogP contribution in [-0.4, -0.2) is 129 Å². The third kappa shape index (κ3) is 9.55. The lowest BCUT2D eigenvalue weighted by molar-refractivity contribution is -0.926. The fraction of sp³-hybridized carbons (Fsp3) is 0.429. The Balaban J connectivity index is 0.919.